The van der Waals surface area contributed by atoms with Crippen LogP contribution in [0.25, 0.3) is 0 Å². The van der Waals surface area contributed by atoms with Crippen LogP contribution in [0.1, 0.15) is 27.2 Å². The van der Waals surface area contributed by atoms with Gasteiger partial charge in [-0.3, -0.25) is 9.69 Å². The summed E-state index contributed by atoms with van der Waals surface area (Å²) in [7, 11) is 3.42. The molecule has 1 aliphatic rings. The summed E-state index contributed by atoms with van der Waals surface area (Å²) < 4.78 is 10.7. The summed E-state index contributed by atoms with van der Waals surface area (Å²) in [5.74, 6) is 0.312. The van der Waals surface area contributed by atoms with Crippen molar-refractivity contribution in [2.24, 2.45) is 5.41 Å². The molecule has 4 nitrogen and oxygen atoms in total. The van der Waals surface area contributed by atoms with Gasteiger partial charge in [-0.2, -0.15) is 0 Å². The van der Waals surface area contributed by atoms with Gasteiger partial charge in [-0.25, -0.2) is 0 Å². The molecule has 0 aliphatic carbocycles. The van der Waals surface area contributed by atoms with E-state index >= 15 is 0 Å². The van der Waals surface area contributed by atoms with E-state index in [1.54, 1.807) is 14.2 Å². The van der Waals surface area contributed by atoms with Crippen LogP contribution in [0, 0.1) is 5.41 Å². The number of nitrogens with zero attached hydrogens (tertiary/aromatic N) is 1. The number of carbonyl (C=O) groups is 1. The maximum atomic E-state index is 11.8. The fourth-order valence-electron chi connectivity index (χ4n) is 2.09. The molecule has 0 amide bonds. The van der Waals surface area contributed by atoms with E-state index in [0.717, 1.165) is 19.6 Å². The Balaban J connectivity index is 2.37. The molecular formula is C13H25NO3. The smallest absolute Gasteiger partial charge is 0.139 e. The quantitative estimate of drug-likeness (QED) is 0.730. The van der Waals surface area contributed by atoms with Crippen LogP contribution in [0.3, 0.4) is 0 Å². The van der Waals surface area contributed by atoms with Gasteiger partial charge >= 0.3 is 0 Å². The zero-order chi connectivity index (χ0) is 13.1. The summed E-state index contributed by atoms with van der Waals surface area (Å²) in [6.45, 7) is 8.41. The fourth-order valence-corrected chi connectivity index (χ4v) is 2.09. The summed E-state index contributed by atoms with van der Waals surface area (Å²) in [5.41, 5.74) is -0.235. The Bertz CT molecular complexity index is 248. The van der Waals surface area contributed by atoms with Gasteiger partial charge in [0.15, 0.2) is 0 Å². The first-order chi connectivity index (χ1) is 7.88. The number of carbonyl (C=O) groups excluding carboxylic acids is 1. The normalized spacial score (nSPS) is 26.4. The third-order valence-electron chi connectivity index (χ3n) is 3.39. The second-order valence-corrected chi connectivity index (χ2v) is 5.73. The highest BCUT2D eigenvalue weighted by atomic mass is 16.5. The molecule has 1 saturated heterocycles. The van der Waals surface area contributed by atoms with Gasteiger partial charge in [-0.05, 0) is 0 Å². The average molecular weight is 243 g/mol. The number of rotatable bonds is 5. The minimum Gasteiger partial charge on any atom is -0.377 e. The number of likely N-dealkylation sites (tertiary alicyclic amines) is 1. The van der Waals surface area contributed by atoms with Crippen LogP contribution < -0.4 is 0 Å². The molecule has 0 saturated carbocycles. The first kappa shape index (κ1) is 14.6. The van der Waals surface area contributed by atoms with Gasteiger partial charge in [0.2, 0.25) is 0 Å². The van der Waals surface area contributed by atoms with Crippen molar-refractivity contribution in [3.63, 3.8) is 0 Å². The lowest BCUT2D eigenvalue weighted by Crippen LogP contribution is -2.29. The summed E-state index contributed by atoms with van der Waals surface area (Å²) >= 11 is 0. The van der Waals surface area contributed by atoms with Crippen molar-refractivity contribution < 1.29 is 14.3 Å². The summed E-state index contributed by atoms with van der Waals surface area (Å²) in [6.07, 6.45) is 0.866. The standard InChI is InChI=1S/C13H25NO3/c1-13(2,3)12(15)6-7-14-8-10(16-4)11(9-14)17-5/h10-11H,6-9H2,1-5H3. The molecular weight excluding hydrogens is 218 g/mol. The van der Waals surface area contributed by atoms with E-state index in [0.29, 0.717) is 12.2 Å². The fraction of sp³-hybridized carbons (Fsp3) is 0.923. The maximum absolute atomic E-state index is 11.8. The monoisotopic (exact) mass is 243 g/mol. The highest BCUT2D eigenvalue weighted by Gasteiger charge is 2.33. The molecule has 1 rings (SSSR count). The zero-order valence-corrected chi connectivity index (χ0v) is 11.7. The van der Waals surface area contributed by atoms with Crippen LogP contribution in [0.2, 0.25) is 0 Å². The SMILES string of the molecule is COC1CN(CCC(=O)C(C)(C)C)CC1OC. The van der Waals surface area contributed by atoms with Crippen molar-refractivity contribution >= 4 is 5.78 Å². The van der Waals surface area contributed by atoms with E-state index < -0.39 is 0 Å². The zero-order valence-electron chi connectivity index (χ0n) is 11.7. The van der Waals surface area contributed by atoms with E-state index in [9.17, 15) is 4.79 Å². The minimum atomic E-state index is -0.235. The molecule has 1 heterocycles. The first-order valence-corrected chi connectivity index (χ1v) is 6.19. The van der Waals surface area contributed by atoms with Gasteiger partial charge in [0, 0.05) is 45.7 Å². The van der Waals surface area contributed by atoms with Gasteiger partial charge in [-0.1, -0.05) is 20.8 Å². The molecule has 1 fully saturated rings. The van der Waals surface area contributed by atoms with E-state index in [2.05, 4.69) is 4.90 Å². The number of Topliss-reactive ketones (excluding diaryl/α,β-unsaturated/α-hetero) is 1. The van der Waals surface area contributed by atoms with Crippen molar-refractivity contribution in [3.05, 3.63) is 0 Å². The highest BCUT2D eigenvalue weighted by molar-refractivity contribution is 5.83. The van der Waals surface area contributed by atoms with Gasteiger partial charge in [0.1, 0.15) is 5.78 Å². The maximum Gasteiger partial charge on any atom is 0.139 e. The number of hydrogen-bond acceptors (Lipinski definition) is 4. The molecule has 0 bridgehead atoms. The first-order valence-electron chi connectivity index (χ1n) is 6.19. The van der Waals surface area contributed by atoms with Crippen molar-refractivity contribution in [2.45, 2.75) is 39.4 Å². The van der Waals surface area contributed by atoms with Crippen LogP contribution >= 0.6 is 0 Å². The Labute approximate surface area is 104 Å². The largest absolute Gasteiger partial charge is 0.377 e. The van der Waals surface area contributed by atoms with Crippen LogP contribution in [-0.2, 0) is 14.3 Å². The topological polar surface area (TPSA) is 38.8 Å². The van der Waals surface area contributed by atoms with E-state index in [-0.39, 0.29) is 17.6 Å². The van der Waals surface area contributed by atoms with Crippen molar-refractivity contribution in [3.8, 4) is 0 Å². The molecule has 2 atom stereocenters. The number of methoxy groups -OCH3 is 2. The molecule has 100 valence electrons. The number of ether oxygens (including phenoxy) is 2. The van der Waals surface area contributed by atoms with Gasteiger partial charge in [0.05, 0.1) is 12.2 Å². The third kappa shape index (κ3) is 4.05. The van der Waals surface area contributed by atoms with E-state index in [4.69, 9.17) is 9.47 Å². The number of ketones is 1. The van der Waals surface area contributed by atoms with Gasteiger partial charge in [-0.15, -0.1) is 0 Å². The summed E-state index contributed by atoms with van der Waals surface area (Å²) in [5, 5.41) is 0. The predicted molar refractivity (Wildman–Crippen MR) is 67.1 cm³/mol. The summed E-state index contributed by atoms with van der Waals surface area (Å²) in [4.78, 5) is 14.1. The lowest BCUT2D eigenvalue weighted by atomic mass is 9.89. The molecule has 4 heteroatoms. The molecule has 0 N–H and O–H groups in total. The van der Waals surface area contributed by atoms with E-state index in [1.165, 1.54) is 0 Å². The van der Waals surface area contributed by atoms with Gasteiger partial charge in [0.25, 0.3) is 0 Å². The van der Waals surface area contributed by atoms with Crippen LogP contribution in [0.5, 0.6) is 0 Å². The molecule has 0 radical (unpaired) electrons. The van der Waals surface area contributed by atoms with E-state index in [1.807, 2.05) is 20.8 Å². The Morgan fingerprint density at radius 3 is 2.00 bits per heavy atom. The highest BCUT2D eigenvalue weighted by Crippen LogP contribution is 2.19. The van der Waals surface area contributed by atoms with Crippen LogP contribution in [0.4, 0.5) is 0 Å². The molecule has 0 spiro atoms. The average Bonchev–Trinajstić information content (AvgIpc) is 2.66. The minimum absolute atomic E-state index is 0.129. The lowest BCUT2D eigenvalue weighted by Gasteiger charge is -2.20. The molecule has 0 aromatic heterocycles. The molecule has 0 aromatic rings. The second-order valence-electron chi connectivity index (χ2n) is 5.73. The number of hydrogen-bond donors (Lipinski definition) is 0. The Morgan fingerprint density at radius 1 is 1.18 bits per heavy atom. The second kappa shape index (κ2) is 5.94. The Hall–Kier alpha value is -0.450. The molecule has 0 aromatic carbocycles. The van der Waals surface area contributed by atoms with Crippen molar-refractivity contribution in [2.75, 3.05) is 33.9 Å². The predicted octanol–water partition coefficient (Wildman–Crippen LogP) is 1.34. The molecule has 1 aliphatic heterocycles. The third-order valence-corrected chi connectivity index (χ3v) is 3.39. The van der Waals surface area contributed by atoms with Gasteiger partial charge < -0.3 is 9.47 Å². The molecule has 17 heavy (non-hydrogen) atoms. The Kier molecular flexibility index (Phi) is 5.10. The van der Waals surface area contributed by atoms with Crippen molar-refractivity contribution in [1.82, 2.24) is 4.90 Å². The lowest BCUT2D eigenvalue weighted by molar-refractivity contribution is -0.126. The van der Waals surface area contributed by atoms with Crippen molar-refractivity contribution in [1.29, 1.82) is 0 Å². The van der Waals surface area contributed by atoms with Crippen LogP contribution in [-0.4, -0.2) is 56.7 Å². The molecule has 2 unspecified atom stereocenters. The summed E-state index contributed by atoms with van der Waals surface area (Å²) in [6, 6.07) is 0. The Morgan fingerprint density at radius 2 is 1.65 bits per heavy atom. The van der Waals surface area contributed by atoms with Crippen LogP contribution in [0.15, 0.2) is 0 Å².